The molecule has 1 aromatic carbocycles. The number of hydrogen-bond donors (Lipinski definition) is 0. The van der Waals surface area contributed by atoms with Crippen molar-refractivity contribution in [1.82, 2.24) is 4.98 Å². The van der Waals surface area contributed by atoms with Gasteiger partial charge in [0.2, 0.25) is 0 Å². The molecule has 100 valence electrons. The second kappa shape index (κ2) is 4.48. The smallest absolute Gasteiger partial charge is 0.296 e. The number of benzene rings is 1. The topological polar surface area (TPSA) is 50.3 Å². The van der Waals surface area contributed by atoms with Crippen LogP contribution in [0.4, 0.5) is 14.5 Å². The third-order valence-electron chi connectivity index (χ3n) is 3.03. The summed E-state index contributed by atoms with van der Waals surface area (Å²) in [7, 11) is 0. The van der Waals surface area contributed by atoms with Crippen LogP contribution >= 0.6 is 0 Å². The Labute approximate surface area is 112 Å². The first-order chi connectivity index (χ1) is 9.58. The molecule has 0 atom stereocenters. The lowest BCUT2D eigenvalue weighted by atomic mass is 10.1. The van der Waals surface area contributed by atoms with E-state index in [4.69, 9.17) is 0 Å². The Hall–Kier alpha value is -2.63. The van der Waals surface area contributed by atoms with Crippen molar-refractivity contribution in [1.29, 1.82) is 0 Å². The van der Waals surface area contributed by atoms with E-state index in [2.05, 4.69) is 4.98 Å². The first kappa shape index (κ1) is 12.4. The van der Waals surface area contributed by atoms with Gasteiger partial charge in [0.15, 0.2) is 5.82 Å². The Morgan fingerprint density at radius 2 is 1.95 bits per heavy atom. The maximum Gasteiger partial charge on any atom is 0.299 e. The van der Waals surface area contributed by atoms with E-state index in [0.29, 0.717) is 11.8 Å². The number of halogens is 2. The van der Waals surface area contributed by atoms with Crippen LogP contribution in [0.25, 0.3) is 0 Å². The van der Waals surface area contributed by atoms with Crippen molar-refractivity contribution in [2.75, 3.05) is 4.90 Å². The fraction of sp³-hybridized carbons (Fsp3) is 0.0714. The molecule has 0 saturated carbocycles. The van der Waals surface area contributed by atoms with Gasteiger partial charge in [0.1, 0.15) is 5.82 Å². The first-order valence-corrected chi connectivity index (χ1v) is 5.83. The van der Waals surface area contributed by atoms with Crippen molar-refractivity contribution < 1.29 is 18.4 Å². The van der Waals surface area contributed by atoms with Crippen molar-refractivity contribution in [2.24, 2.45) is 0 Å². The number of amides is 1. The molecule has 0 fully saturated rings. The second-order valence-electron chi connectivity index (χ2n) is 4.33. The number of rotatable bonds is 2. The molecule has 0 saturated heterocycles. The largest absolute Gasteiger partial charge is 0.299 e. The fourth-order valence-corrected chi connectivity index (χ4v) is 2.16. The Kier molecular flexibility index (Phi) is 2.78. The van der Waals surface area contributed by atoms with Crippen molar-refractivity contribution in [3.63, 3.8) is 0 Å². The fourth-order valence-electron chi connectivity index (χ4n) is 2.16. The third kappa shape index (κ3) is 1.85. The summed E-state index contributed by atoms with van der Waals surface area (Å²) in [6.07, 6.45) is 1.53. The molecule has 0 aliphatic carbocycles. The summed E-state index contributed by atoms with van der Waals surface area (Å²) in [5.41, 5.74) is 0.0701. The first-order valence-electron chi connectivity index (χ1n) is 5.83. The van der Waals surface area contributed by atoms with E-state index < -0.39 is 23.3 Å². The molecule has 6 heteroatoms. The number of pyridine rings is 1. The minimum atomic E-state index is -0.935. The van der Waals surface area contributed by atoms with E-state index in [1.54, 1.807) is 18.2 Å². The van der Waals surface area contributed by atoms with Gasteiger partial charge in [-0.05, 0) is 18.2 Å². The number of aromatic nitrogens is 1. The van der Waals surface area contributed by atoms with Crippen LogP contribution < -0.4 is 4.90 Å². The van der Waals surface area contributed by atoms with Gasteiger partial charge >= 0.3 is 0 Å². The second-order valence-corrected chi connectivity index (χ2v) is 4.33. The van der Waals surface area contributed by atoms with Gasteiger partial charge in [0.25, 0.3) is 11.7 Å². The van der Waals surface area contributed by atoms with E-state index in [9.17, 15) is 18.4 Å². The van der Waals surface area contributed by atoms with Gasteiger partial charge in [-0.1, -0.05) is 6.07 Å². The molecular weight excluding hydrogens is 266 g/mol. The summed E-state index contributed by atoms with van der Waals surface area (Å²) >= 11 is 0. The van der Waals surface area contributed by atoms with Crippen molar-refractivity contribution in [3.05, 3.63) is 59.4 Å². The number of anilines is 1. The molecule has 2 aromatic rings. The number of fused-ring (bicyclic) bond motifs is 1. The predicted molar refractivity (Wildman–Crippen MR) is 66.1 cm³/mol. The molecule has 1 aliphatic rings. The molecule has 1 aromatic heterocycles. The van der Waals surface area contributed by atoms with E-state index >= 15 is 0 Å². The standard InChI is InChI=1S/C14H8F2N2O2/c15-8-5-10-12(11(16)6-8)18(14(20)13(10)19)7-9-3-1-2-4-17-9/h1-6H,7H2. The highest BCUT2D eigenvalue weighted by Gasteiger charge is 2.38. The molecule has 0 unspecified atom stereocenters. The summed E-state index contributed by atoms with van der Waals surface area (Å²) in [6.45, 7) is -0.0407. The Balaban J connectivity index is 2.07. The van der Waals surface area contributed by atoms with Crippen LogP contribution in [-0.2, 0) is 11.3 Å². The van der Waals surface area contributed by atoms with Crippen molar-refractivity contribution >= 4 is 17.4 Å². The van der Waals surface area contributed by atoms with E-state index in [1.807, 2.05) is 0 Å². The Bertz CT molecular complexity index is 717. The van der Waals surface area contributed by atoms with Gasteiger partial charge in [0.05, 0.1) is 23.5 Å². The van der Waals surface area contributed by atoms with Crippen LogP contribution in [-0.4, -0.2) is 16.7 Å². The minimum Gasteiger partial charge on any atom is -0.296 e. The molecule has 2 heterocycles. The van der Waals surface area contributed by atoms with Gasteiger partial charge in [-0.3, -0.25) is 19.5 Å². The number of carbonyl (C=O) groups is 2. The summed E-state index contributed by atoms with van der Waals surface area (Å²) in [6, 6.07) is 6.58. The van der Waals surface area contributed by atoms with Gasteiger partial charge in [-0.25, -0.2) is 8.78 Å². The molecule has 0 spiro atoms. The van der Waals surface area contributed by atoms with Crippen LogP contribution in [0.2, 0.25) is 0 Å². The van der Waals surface area contributed by atoms with Gasteiger partial charge < -0.3 is 0 Å². The van der Waals surface area contributed by atoms with E-state index in [-0.39, 0.29) is 17.8 Å². The zero-order valence-corrected chi connectivity index (χ0v) is 10.1. The highest BCUT2D eigenvalue weighted by Crippen LogP contribution is 2.33. The maximum atomic E-state index is 13.8. The van der Waals surface area contributed by atoms with Crippen LogP contribution in [0.15, 0.2) is 36.5 Å². The van der Waals surface area contributed by atoms with Crippen LogP contribution in [0.3, 0.4) is 0 Å². The molecule has 0 bridgehead atoms. The average molecular weight is 274 g/mol. The summed E-state index contributed by atoms with van der Waals surface area (Å²) in [4.78, 5) is 28.6. The quantitative estimate of drug-likeness (QED) is 0.788. The molecule has 3 rings (SSSR count). The van der Waals surface area contributed by atoms with Gasteiger partial charge in [-0.2, -0.15) is 0 Å². The van der Waals surface area contributed by atoms with Crippen LogP contribution in [0.5, 0.6) is 0 Å². The molecule has 4 nitrogen and oxygen atoms in total. The molecule has 1 aliphatic heterocycles. The summed E-state index contributed by atoms with van der Waals surface area (Å²) < 4.78 is 27.0. The number of ketones is 1. The zero-order valence-electron chi connectivity index (χ0n) is 10.1. The third-order valence-corrected chi connectivity index (χ3v) is 3.03. The molecule has 20 heavy (non-hydrogen) atoms. The lowest BCUT2D eigenvalue weighted by Crippen LogP contribution is -2.29. The predicted octanol–water partition coefficient (Wildman–Crippen LogP) is 2.09. The van der Waals surface area contributed by atoms with Gasteiger partial charge in [0, 0.05) is 12.3 Å². The molecular formula is C14H8F2N2O2. The van der Waals surface area contributed by atoms with Gasteiger partial charge in [-0.15, -0.1) is 0 Å². The van der Waals surface area contributed by atoms with Crippen LogP contribution in [0.1, 0.15) is 16.1 Å². The van der Waals surface area contributed by atoms with Crippen molar-refractivity contribution in [3.8, 4) is 0 Å². The monoisotopic (exact) mass is 274 g/mol. The SMILES string of the molecule is O=C1C(=O)N(Cc2ccccn2)c2c(F)cc(F)cc21. The number of nitrogens with zero attached hydrogens (tertiary/aromatic N) is 2. The highest BCUT2D eigenvalue weighted by atomic mass is 19.1. The average Bonchev–Trinajstić information content (AvgIpc) is 2.65. The molecule has 0 N–H and O–H groups in total. The van der Waals surface area contributed by atoms with Crippen LogP contribution in [0, 0.1) is 11.6 Å². The summed E-state index contributed by atoms with van der Waals surface area (Å²) in [5.74, 6) is -3.61. The van der Waals surface area contributed by atoms with Crippen molar-refractivity contribution in [2.45, 2.75) is 6.54 Å². The highest BCUT2D eigenvalue weighted by molar-refractivity contribution is 6.52. The maximum absolute atomic E-state index is 13.8. The number of Topliss-reactive ketones (excluding diaryl/α,β-unsaturated/α-hetero) is 1. The summed E-state index contributed by atoms with van der Waals surface area (Å²) in [5, 5.41) is 0. The van der Waals surface area contributed by atoms with E-state index in [1.165, 1.54) is 6.20 Å². The minimum absolute atomic E-state index is 0.0407. The van der Waals surface area contributed by atoms with E-state index in [0.717, 1.165) is 11.0 Å². The Morgan fingerprint density at radius 1 is 1.15 bits per heavy atom. The number of hydrogen-bond acceptors (Lipinski definition) is 3. The molecule has 0 radical (unpaired) electrons. The molecule has 1 amide bonds. The zero-order chi connectivity index (χ0) is 14.3. The normalized spacial score (nSPS) is 13.8. The number of carbonyl (C=O) groups excluding carboxylic acids is 2. The lowest BCUT2D eigenvalue weighted by Gasteiger charge is -2.16. The Morgan fingerprint density at radius 3 is 2.65 bits per heavy atom. The lowest BCUT2D eigenvalue weighted by molar-refractivity contribution is -0.114.